The molecule has 0 unspecified atom stereocenters. The van der Waals surface area contributed by atoms with Crippen LogP contribution in [0.15, 0.2) is 10.6 Å². The van der Waals surface area contributed by atoms with Crippen molar-refractivity contribution in [1.82, 2.24) is 25.4 Å². The van der Waals surface area contributed by atoms with E-state index in [1.807, 2.05) is 19.0 Å². The lowest BCUT2D eigenvalue weighted by Gasteiger charge is -2.27. The van der Waals surface area contributed by atoms with Gasteiger partial charge in [0, 0.05) is 39.2 Å². The minimum Gasteiger partial charge on any atom is -0.360 e. The molecule has 1 N–H and O–H groups in total. The van der Waals surface area contributed by atoms with Crippen molar-refractivity contribution >= 4 is 17.8 Å². The summed E-state index contributed by atoms with van der Waals surface area (Å²) in [7, 11) is 3.79. The molecule has 9 nitrogen and oxygen atoms in total. The van der Waals surface area contributed by atoms with Crippen molar-refractivity contribution in [3.63, 3.8) is 0 Å². The molecule has 27 heavy (non-hydrogen) atoms. The van der Waals surface area contributed by atoms with Gasteiger partial charge in [0.2, 0.25) is 11.9 Å². The number of carbonyl (C=O) groups excluding carboxylic acids is 1. The van der Waals surface area contributed by atoms with Crippen molar-refractivity contribution in [2.75, 3.05) is 37.0 Å². The SMILES string of the molecule is CN(C)c1nc(CNC(=O)c2cc(C3CC3)on2)nc(N2CCCCC2)n1. The van der Waals surface area contributed by atoms with Crippen LogP contribution in [0.1, 0.15) is 60.1 Å². The van der Waals surface area contributed by atoms with Crippen molar-refractivity contribution < 1.29 is 9.32 Å². The number of anilines is 2. The summed E-state index contributed by atoms with van der Waals surface area (Å²) in [5.74, 6) is 2.74. The Balaban J connectivity index is 1.46. The first kappa shape index (κ1) is 17.7. The standard InChI is InChI=1S/C18H25N7O2/c1-24(2)17-20-15(21-18(22-17)25-8-4-3-5-9-25)11-19-16(26)13-10-14(27-23-13)12-6-7-12/h10,12H,3-9,11H2,1-2H3,(H,19,26). The number of nitrogens with one attached hydrogen (secondary N) is 1. The molecule has 1 aliphatic heterocycles. The molecule has 1 amide bonds. The van der Waals surface area contributed by atoms with Gasteiger partial charge in [0.15, 0.2) is 11.5 Å². The van der Waals surface area contributed by atoms with Crippen LogP contribution in [0.4, 0.5) is 11.9 Å². The van der Waals surface area contributed by atoms with Crippen LogP contribution in [0.25, 0.3) is 0 Å². The van der Waals surface area contributed by atoms with Gasteiger partial charge in [-0.25, -0.2) is 0 Å². The molecule has 0 radical (unpaired) electrons. The second-order valence-electron chi connectivity index (χ2n) is 7.37. The minimum atomic E-state index is -0.281. The van der Waals surface area contributed by atoms with E-state index in [4.69, 9.17) is 4.52 Å². The van der Waals surface area contributed by atoms with E-state index >= 15 is 0 Å². The van der Waals surface area contributed by atoms with E-state index in [-0.39, 0.29) is 12.5 Å². The van der Waals surface area contributed by atoms with Crippen LogP contribution in [-0.4, -0.2) is 53.2 Å². The first-order chi connectivity index (χ1) is 13.1. The molecule has 2 aliphatic rings. The summed E-state index contributed by atoms with van der Waals surface area (Å²) < 4.78 is 5.25. The molecule has 2 aromatic rings. The first-order valence-electron chi connectivity index (χ1n) is 9.52. The summed E-state index contributed by atoms with van der Waals surface area (Å²) in [5.41, 5.74) is 0.301. The smallest absolute Gasteiger partial charge is 0.273 e. The van der Waals surface area contributed by atoms with Crippen LogP contribution >= 0.6 is 0 Å². The monoisotopic (exact) mass is 371 g/mol. The van der Waals surface area contributed by atoms with Crippen molar-refractivity contribution in [3.05, 3.63) is 23.3 Å². The second-order valence-corrected chi connectivity index (χ2v) is 7.37. The Morgan fingerprint density at radius 2 is 2.00 bits per heavy atom. The third-order valence-corrected chi connectivity index (χ3v) is 4.84. The number of rotatable bonds is 6. The summed E-state index contributed by atoms with van der Waals surface area (Å²) >= 11 is 0. The Bertz CT molecular complexity index is 810. The van der Waals surface area contributed by atoms with Gasteiger partial charge in [0.25, 0.3) is 5.91 Å². The third-order valence-electron chi connectivity index (χ3n) is 4.84. The average Bonchev–Trinajstić information content (AvgIpc) is 3.43. The number of hydrogen-bond acceptors (Lipinski definition) is 8. The Morgan fingerprint density at radius 3 is 2.70 bits per heavy atom. The van der Waals surface area contributed by atoms with Gasteiger partial charge in [-0.05, 0) is 32.1 Å². The van der Waals surface area contributed by atoms with E-state index < -0.39 is 0 Å². The molecule has 3 heterocycles. The van der Waals surface area contributed by atoms with Crippen molar-refractivity contribution in [1.29, 1.82) is 0 Å². The lowest BCUT2D eigenvalue weighted by Crippen LogP contribution is -2.33. The van der Waals surface area contributed by atoms with Crippen molar-refractivity contribution in [2.24, 2.45) is 0 Å². The summed E-state index contributed by atoms with van der Waals surface area (Å²) in [4.78, 5) is 30.0. The van der Waals surface area contributed by atoms with Crippen LogP contribution in [0.2, 0.25) is 0 Å². The first-order valence-corrected chi connectivity index (χ1v) is 9.52. The van der Waals surface area contributed by atoms with Crippen LogP contribution in [0, 0.1) is 0 Å². The van der Waals surface area contributed by atoms with Gasteiger partial charge in [-0.1, -0.05) is 5.16 Å². The zero-order chi connectivity index (χ0) is 18.8. The minimum absolute atomic E-state index is 0.217. The molecule has 0 bridgehead atoms. The van der Waals surface area contributed by atoms with Gasteiger partial charge in [-0.2, -0.15) is 15.0 Å². The second kappa shape index (κ2) is 7.50. The zero-order valence-corrected chi connectivity index (χ0v) is 15.8. The molecule has 144 valence electrons. The van der Waals surface area contributed by atoms with E-state index in [1.54, 1.807) is 6.07 Å². The van der Waals surface area contributed by atoms with Gasteiger partial charge < -0.3 is 19.6 Å². The molecule has 0 aromatic carbocycles. The van der Waals surface area contributed by atoms with Gasteiger partial charge in [-0.3, -0.25) is 4.79 Å². The molecule has 9 heteroatoms. The summed E-state index contributed by atoms with van der Waals surface area (Å²) in [6, 6.07) is 1.73. The number of piperidine rings is 1. The van der Waals surface area contributed by atoms with E-state index in [1.165, 1.54) is 6.42 Å². The van der Waals surface area contributed by atoms with Gasteiger partial charge in [0.05, 0.1) is 6.54 Å². The van der Waals surface area contributed by atoms with Gasteiger partial charge in [-0.15, -0.1) is 0 Å². The van der Waals surface area contributed by atoms with Crippen molar-refractivity contribution in [3.8, 4) is 0 Å². The van der Waals surface area contributed by atoms with Crippen LogP contribution < -0.4 is 15.1 Å². The maximum Gasteiger partial charge on any atom is 0.273 e. The predicted molar refractivity (Wildman–Crippen MR) is 99.9 cm³/mol. The Morgan fingerprint density at radius 1 is 1.22 bits per heavy atom. The number of hydrogen-bond donors (Lipinski definition) is 1. The number of carbonyl (C=O) groups is 1. The van der Waals surface area contributed by atoms with E-state index in [9.17, 15) is 4.79 Å². The quantitative estimate of drug-likeness (QED) is 0.819. The van der Waals surface area contributed by atoms with E-state index in [0.717, 1.165) is 44.5 Å². The average molecular weight is 371 g/mol. The van der Waals surface area contributed by atoms with E-state index in [2.05, 4.69) is 30.3 Å². The molecular weight excluding hydrogens is 346 g/mol. The molecule has 0 atom stereocenters. The largest absolute Gasteiger partial charge is 0.360 e. The third kappa shape index (κ3) is 4.17. The Kier molecular flexibility index (Phi) is 4.91. The van der Waals surface area contributed by atoms with Gasteiger partial charge in [0.1, 0.15) is 5.76 Å². The molecule has 1 saturated heterocycles. The summed E-state index contributed by atoms with van der Waals surface area (Å²) in [5, 5.41) is 6.70. The fraction of sp³-hybridized carbons (Fsp3) is 0.611. The highest BCUT2D eigenvalue weighted by molar-refractivity contribution is 5.92. The molecule has 4 rings (SSSR count). The fourth-order valence-corrected chi connectivity index (χ4v) is 3.12. The van der Waals surface area contributed by atoms with E-state index in [0.29, 0.717) is 29.3 Å². The number of nitrogens with zero attached hydrogens (tertiary/aromatic N) is 6. The highest BCUT2D eigenvalue weighted by atomic mass is 16.5. The van der Waals surface area contributed by atoms with Gasteiger partial charge >= 0.3 is 0 Å². The van der Waals surface area contributed by atoms with Crippen LogP contribution in [0.5, 0.6) is 0 Å². The van der Waals surface area contributed by atoms with Crippen LogP contribution in [0.3, 0.4) is 0 Å². The Labute approximate surface area is 158 Å². The van der Waals surface area contributed by atoms with Crippen LogP contribution in [-0.2, 0) is 6.54 Å². The maximum atomic E-state index is 12.4. The molecule has 2 aromatic heterocycles. The zero-order valence-electron chi connectivity index (χ0n) is 15.8. The highest BCUT2D eigenvalue weighted by Gasteiger charge is 2.29. The topological polar surface area (TPSA) is 100 Å². The fourth-order valence-electron chi connectivity index (χ4n) is 3.12. The molecule has 1 aliphatic carbocycles. The maximum absolute atomic E-state index is 12.4. The molecule has 0 spiro atoms. The summed E-state index contributed by atoms with van der Waals surface area (Å²) in [6.45, 7) is 2.12. The molecular formula is C18H25N7O2. The molecule has 2 fully saturated rings. The Hall–Kier alpha value is -2.71. The normalized spacial score (nSPS) is 17.0. The number of amides is 1. The van der Waals surface area contributed by atoms with Crippen molar-refractivity contribution in [2.45, 2.75) is 44.6 Å². The number of aromatic nitrogens is 4. The predicted octanol–water partition coefficient (Wildman–Crippen LogP) is 1.72. The highest BCUT2D eigenvalue weighted by Crippen LogP contribution is 2.40. The summed E-state index contributed by atoms with van der Waals surface area (Å²) in [6.07, 6.45) is 5.74. The lowest BCUT2D eigenvalue weighted by molar-refractivity contribution is 0.0940. The molecule has 1 saturated carbocycles. The lowest BCUT2D eigenvalue weighted by atomic mass is 10.1.